The van der Waals surface area contributed by atoms with Crippen LogP contribution in [-0.4, -0.2) is 37.3 Å². The molecule has 1 aliphatic heterocycles. The molecule has 1 heterocycles. The Labute approximate surface area is 142 Å². The van der Waals surface area contributed by atoms with E-state index in [1.54, 1.807) is 24.3 Å². The molecule has 1 aromatic carbocycles. The van der Waals surface area contributed by atoms with Gasteiger partial charge in [-0.05, 0) is 43.4 Å². The number of halogens is 1. The van der Waals surface area contributed by atoms with E-state index in [0.717, 1.165) is 31.2 Å². The highest BCUT2D eigenvalue weighted by atomic mass is 35.5. The van der Waals surface area contributed by atoms with Gasteiger partial charge in [-0.3, -0.25) is 4.79 Å². The molecule has 23 heavy (non-hydrogen) atoms. The van der Waals surface area contributed by atoms with Crippen LogP contribution in [0.4, 0.5) is 0 Å². The molecule has 2 aliphatic rings. The number of benzene rings is 1. The van der Waals surface area contributed by atoms with Crippen LogP contribution in [-0.2, 0) is 21.4 Å². The Balaban J connectivity index is 0.00000192. The Bertz CT molecular complexity index is 666. The summed E-state index contributed by atoms with van der Waals surface area (Å²) in [5.41, 5.74) is 5.99. The number of carbonyl (C=O) groups is 1. The fourth-order valence-corrected chi connectivity index (χ4v) is 4.09. The minimum atomic E-state index is -3.37. The summed E-state index contributed by atoms with van der Waals surface area (Å²) in [6.07, 6.45) is 3.30. The van der Waals surface area contributed by atoms with Crippen LogP contribution in [0.5, 0.6) is 0 Å². The van der Waals surface area contributed by atoms with E-state index in [-0.39, 0.29) is 18.3 Å². The summed E-state index contributed by atoms with van der Waals surface area (Å²) in [5.74, 6) is -0.138. The molecule has 6 nitrogen and oxygen atoms in total. The lowest BCUT2D eigenvalue weighted by atomic mass is 10.2. The van der Waals surface area contributed by atoms with Gasteiger partial charge in [0.15, 0.2) is 0 Å². The Hall–Kier alpha value is -1.15. The van der Waals surface area contributed by atoms with Gasteiger partial charge in [-0.25, -0.2) is 8.42 Å². The first-order chi connectivity index (χ1) is 10.4. The molecule has 0 radical (unpaired) electrons. The summed E-state index contributed by atoms with van der Waals surface area (Å²) >= 11 is 0. The van der Waals surface area contributed by atoms with Gasteiger partial charge in [0.25, 0.3) is 0 Å². The number of nitrogens with one attached hydrogen (secondary N) is 1. The van der Waals surface area contributed by atoms with Gasteiger partial charge < -0.3 is 11.1 Å². The van der Waals surface area contributed by atoms with E-state index in [1.165, 1.54) is 4.31 Å². The molecule has 0 atom stereocenters. The Kier molecular flexibility index (Phi) is 5.35. The maximum Gasteiger partial charge on any atom is 0.243 e. The number of rotatable bonds is 5. The lowest BCUT2D eigenvalue weighted by Crippen LogP contribution is -2.42. The molecular formula is C15H22ClN3O3S. The zero-order valence-electron chi connectivity index (χ0n) is 12.8. The monoisotopic (exact) mass is 359 g/mol. The molecule has 128 valence electrons. The average molecular weight is 360 g/mol. The maximum absolute atomic E-state index is 12.4. The predicted molar refractivity (Wildman–Crippen MR) is 89.7 cm³/mol. The number of hydrogen-bond donors (Lipinski definition) is 2. The zero-order valence-corrected chi connectivity index (χ0v) is 14.5. The standard InChI is InChI=1S/C15H21N3O3S.ClH/c16-15(7-8-15)14(19)17-11-12-3-5-13(6-4-12)22(20,21)18-9-1-2-10-18;/h3-6H,1-2,7-11,16H2,(H,17,19);1H. The van der Waals surface area contributed by atoms with E-state index >= 15 is 0 Å². The van der Waals surface area contributed by atoms with Crippen molar-refractivity contribution in [2.24, 2.45) is 5.73 Å². The number of carbonyl (C=O) groups excluding carboxylic acids is 1. The summed E-state index contributed by atoms with van der Waals surface area (Å²) in [5, 5.41) is 2.79. The highest BCUT2D eigenvalue weighted by Crippen LogP contribution is 2.32. The van der Waals surface area contributed by atoms with Gasteiger partial charge >= 0.3 is 0 Å². The van der Waals surface area contributed by atoms with E-state index in [0.29, 0.717) is 24.5 Å². The highest BCUT2D eigenvalue weighted by Gasteiger charge is 2.45. The summed E-state index contributed by atoms with van der Waals surface area (Å²) in [6.45, 7) is 1.55. The second-order valence-corrected chi connectivity index (χ2v) is 8.03. The third-order valence-corrected chi connectivity index (χ3v) is 6.23. The van der Waals surface area contributed by atoms with Crippen LogP contribution in [0.2, 0.25) is 0 Å². The number of nitrogens with zero attached hydrogens (tertiary/aromatic N) is 1. The number of sulfonamides is 1. The molecule has 3 N–H and O–H groups in total. The highest BCUT2D eigenvalue weighted by molar-refractivity contribution is 7.89. The van der Waals surface area contributed by atoms with Gasteiger partial charge in [-0.1, -0.05) is 12.1 Å². The van der Waals surface area contributed by atoms with Crippen LogP contribution >= 0.6 is 12.4 Å². The van der Waals surface area contributed by atoms with Crippen molar-refractivity contribution in [3.8, 4) is 0 Å². The molecule has 1 aromatic rings. The molecule has 1 amide bonds. The van der Waals surface area contributed by atoms with Gasteiger partial charge in [0.1, 0.15) is 0 Å². The number of nitrogens with two attached hydrogens (primary N) is 1. The Morgan fingerprint density at radius 2 is 1.74 bits per heavy atom. The lowest BCUT2D eigenvalue weighted by Gasteiger charge is -2.16. The normalized spacial score (nSPS) is 19.9. The second-order valence-electron chi connectivity index (χ2n) is 6.09. The fourth-order valence-electron chi connectivity index (χ4n) is 2.58. The topological polar surface area (TPSA) is 92.5 Å². The quantitative estimate of drug-likeness (QED) is 0.820. The molecular weight excluding hydrogens is 338 g/mol. The molecule has 8 heteroatoms. The first-order valence-electron chi connectivity index (χ1n) is 7.58. The van der Waals surface area contributed by atoms with E-state index in [1.807, 2.05) is 0 Å². The van der Waals surface area contributed by atoms with Crippen LogP contribution in [0.25, 0.3) is 0 Å². The maximum atomic E-state index is 12.4. The van der Waals surface area contributed by atoms with Crippen LogP contribution in [0, 0.1) is 0 Å². The summed E-state index contributed by atoms with van der Waals surface area (Å²) in [6, 6.07) is 6.67. The molecule has 0 bridgehead atoms. The van der Waals surface area contributed by atoms with E-state index in [9.17, 15) is 13.2 Å². The van der Waals surface area contributed by atoms with Crippen LogP contribution in [0.15, 0.2) is 29.2 Å². The SMILES string of the molecule is Cl.NC1(C(=O)NCc2ccc(S(=O)(=O)N3CCCC3)cc2)CC1. The van der Waals surface area contributed by atoms with Crippen LogP contribution in [0.3, 0.4) is 0 Å². The average Bonchev–Trinajstić information content (AvgIpc) is 3.05. The third-order valence-electron chi connectivity index (χ3n) is 4.32. The van der Waals surface area contributed by atoms with Gasteiger partial charge in [0.2, 0.25) is 15.9 Å². The minimum Gasteiger partial charge on any atom is -0.350 e. The molecule has 0 aromatic heterocycles. The van der Waals surface area contributed by atoms with Crippen molar-refractivity contribution < 1.29 is 13.2 Å². The third kappa shape index (κ3) is 3.85. The van der Waals surface area contributed by atoms with Crippen molar-refractivity contribution in [3.63, 3.8) is 0 Å². The van der Waals surface area contributed by atoms with Crippen molar-refractivity contribution in [2.45, 2.75) is 42.7 Å². The number of amides is 1. The fraction of sp³-hybridized carbons (Fsp3) is 0.533. The van der Waals surface area contributed by atoms with Gasteiger partial charge in [-0.2, -0.15) is 4.31 Å². The van der Waals surface area contributed by atoms with Crippen molar-refractivity contribution >= 4 is 28.3 Å². The van der Waals surface area contributed by atoms with Crippen LogP contribution < -0.4 is 11.1 Å². The van der Waals surface area contributed by atoms with Gasteiger partial charge in [0.05, 0.1) is 10.4 Å². The Morgan fingerprint density at radius 1 is 1.17 bits per heavy atom. The van der Waals surface area contributed by atoms with Crippen LogP contribution in [0.1, 0.15) is 31.2 Å². The molecule has 1 saturated heterocycles. The second kappa shape index (κ2) is 6.76. The molecule has 2 fully saturated rings. The zero-order chi connectivity index (χ0) is 15.8. The van der Waals surface area contributed by atoms with Gasteiger partial charge in [0, 0.05) is 19.6 Å². The van der Waals surface area contributed by atoms with E-state index < -0.39 is 15.6 Å². The summed E-state index contributed by atoms with van der Waals surface area (Å²) in [4.78, 5) is 12.1. The first kappa shape index (κ1) is 18.2. The van der Waals surface area contributed by atoms with Crippen molar-refractivity contribution in [3.05, 3.63) is 29.8 Å². The lowest BCUT2D eigenvalue weighted by molar-refractivity contribution is -0.123. The Morgan fingerprint density at radius 3 is 2.26 bits per heavy atom. The molecule has 1 aliphatic carbocycles. The summed E-state index contributed by atoms with van der Waals surface area (Å²) < 4.78 is 26.3. The number of hydrogen-bond acceptors (Lipinski definition) is 4. The first-order valence-corrected chi connectivity index (χ1v) is 9.02. The van der Waals surface area contributed by atoms with Crippen molar-refractivity contribution in [1.29, 1.82) is 0 Å². The summed E-state index contributed by atoms with van der Waals surface area (Å²) in [7, 11) is -3.37. The predicted octanol–water partition coefficient (Wildman–Crippen LogP) is 1.00. The van der Waals surface area contributed by atoms with E-state index in [4.69, 9.17) is 5.73 Å². The van der Waals surface area contributed by atoms with Gasteiger partial charge in [-0.15, -0.1) is 12.4 Å². The largest absolute Gasteiger partial charge is 0.350 e. The smallest absolute Gasteiger partial charge is 0.243 e. The van der Waals surface area contributed by atoms with Crippen molar-refractivity contribution in [1.82, 2.24) is 9.62 Å². The minimum absolute atomic E-state index is 0. The molecule has 0 unspecified atom stereocenters. The molecule has 1 saturated carbocycles. The molecule has 0 spiro atoms. The van der Waals surface area contributed by atoms with Crippen molar-refractivity contribution in [2.75, 3.05) is 13.1 Å². The van der Waals surface area contributed by atoms with E-state index in [2.05, 4.69) is 5.32 Å². The molecule has 3 rings (SSSR count).